The SMILES string of the molecule is Cc1ccc(NC(=O)Nc2ccccc2)cc1NC(=O)/C=C/c1ccc(OCc2ccccn2)cc1. The molecular formula is C29H26N4O3. The largest absolute Gasteiger partial charge is 0.487 e. The van der Waals surface area contributed by atoms with Crippen LogP contribution in [-0.4, -0.2) is 16.9 Å². The molecule has 3 amide bonds. The maximum atomic E-state index is 12.5. The van der Waals surface area contributed by atoms with Gasteiger partial charge in [0.05, 0.1) is 5.69 Å². The second-order valence-electron chi connectivity index (χ2n) is 7.98. The van der Waals surface area contributed by atoms with Crippen LogP contribution in [0.25, 0.3) is 6.08 Å². The van der Waals surface area contributed by atoms with Gasteiger partial charge in [0.2, 0.25) is 5.91 Å². The number of pyridine rings is 1. The fraction of sp³-hybridized carbons (Fsp3) is 0.0690. The number of anilines is 3. The Morgan fingerprint density at radius 2 is 1.58 bits per heavy atom. The average molecular weight is 479 g/mol. The first-order valence-corrected chi connectivity index (χ1v) is 11.4. The molecule has 0 aliphatic carbocycles. The fourth-order valence-corrected chi connectivity index (χ4v) is 3.31. The zero-order valence-corrected chi connectivity index (χ0v) is 19.8. The summed E-state index contributed by atoms with van der Waals surface area (Å²) in [6.07, 6.45) is 4.92. The molecule has 4 aromatic rings. The molecule has 36 heavy (non-hydrogen) atoms. The van der Waals surface area contributed by atoms with Gasteiger partial charge in [-0.2, -0.15) is 0 Å². The zero-order valence-electron chi connectivity index (χ0n) is 19.8. The molecule has 7 heteroatoms. The highest BCUT2D eigenvalue weighted by Crippen LogP contribution is 2.21. The molecule has 0 atom stereocenters. The third kappa shape index (κ3) is 7.30. The highest BCUT2D eigenvalue weighted by molar-refractivity contribution is 6.03. The van der Waals surface area contributed by atoms with Crippen molar-refractivity contribution in [3.8, 4) is 5.75 Å². The average Bonchev–Trinajstić information content (AvgIpc) is 2.90. The number of ether oxygens (including phenoxy) is 1. The van der Waals surface area contributed by atoms with E-state index in [9.17, 15) is 9.59 Å². The van der Waals surface area contributed by atoms with Crippen LogP contribution in [0.4, 0.5) is 21.9 Å². The lowest BCUT2D eigenvalue weighted by Crippen LogP contribution is -2.19. The number of aryl methyl sites for hydroxylation is 1. The lowest BCUT2D eigenvalue weighted by Gasteiger charge is -2.11. The van der Waals surface area contributed by atoms with Crippen LogP contribution in [0.3, 0.4) is 0 Å². The summed E-state index contributed by atoms with van der Waals surface area (Å²) in [6, 6.07) is 27.3. The molecule has 0 bridgehead atoms. The van der Waals surface area contributed by atoms with Crippen LogP contribution in [0.2, 0.25) is 0 Å². The Balaban J connectivity index is 1.30. The van der Waals surface area contributed by atoms with E-state index >= 15 is 0 Å². The number of aromatic nitrogens is 1. The number of nitrogens with zero attached hydrogens (tertiary/aromatic N) is 1. The third-order valence-corrected chi connectivity index (χ3v) is 5.21. The standard InChI is InChI=1S/C29H26N4O3/c1-21-10-14-24(32-29(35)31-23-7-3-2-4-8-23)19-27(21)33-28(34)17-13-22-11-15-26(16-12-22)36-20-25-9-5-6-18-30-25/h2-19H,20H2,1H3,(H,33,34)(H2,31,32,35)/b17-13+. The second kappa shape index (κ2) is 12.0. The van der Waals surface area contributed by atoms with Crippen molar-refractivity contribution in [2.24, 2.45) is 0 Å². The molecule has 3 N–H and O–H groups in total. The Hall–Kier alpha value is -4.91. The van der Waals surface area contributed by atoms with Crippen LogP contribution >= 0.6 is 0 Å². The summed E-state index contributed by atoms with van der Waals surface area (Å²) in [5.74, 6) is 0.443. The number of carbonyl (C=O) groups is 2. The summed E-state index contributed by atoms with van der Waals surface area (Å²) in [5, 5.41) is 8.41. The highest BCUT2D eigenvalue weighted by atomic mass is 16.5. The van der Waals surface area contributed by atoms with Gasteiger partial charge in [-0.25, -0.2) is 4.79 Å². The molecule has 0 aliphatic heterocycles. The van der Waals surface area contributed by atoms with Gasteiger partial charge in [0, 0.05) is 29.3 Å². The molecule has 0 spiro atoms. The van der Waals surface area contributed by atoms with E-state index in [0.717, 1.165) is 22.6 Å². The summed E-state index contributed by atoms with van der Waals surface area (Å²) in [5.41, 5.74) is 4.45. The van der Waals surface area contributed by atoms with Gasteiger partial charge < -0.3 is 20.7 Å². The zero-order chi connectivity index (χ0) is 25.2. The smallest absolute Gasteiger partial charge is 0.323 e. The monoisotopic (exact) mass is 478 g/mol. The second-order valence-corrected chi connectivity index (χ2v) is 7.98. The van der Waals surface area contributed by atoms with Gasteiger partial charge in [-0.15, -0.1) is 0 Å². The Labute approximate surface area is 209 Å². The third-order valence-electron chi connectivity index (χ3n) is 5.21. The first kappa shape index (κ1) is 24.2. The number of nitrogens with one attached hydrogen (secondary N) is 3. The normalized spacial score (nSPS) is 10.6. The van der Waals surface area contributed by atoms with Crippen LogP contribution in [0.1, 0.15) is 16.8 Å². The van der Waals surface area contributed by atoms with Crippen LogP contribution in [0, 0.1) is 6.92 Å². The van der Waals surface area contributed by atoms with E-state index in [-0.39, 0.29) is 11.9 Å². The summed E-state index contributed by atoms with van der Waals surface area (Å²) < 4.78 is 5.74. The van der Waals surface area contributed by atoms with Crippen molar-refractivity contribution in [2.45, 2.75) is 13.5 Å². The highest BCUT2D eigenvalue weighted by Gasteiger charge is 2.07. The molecule has 1 aromatic heterocycles. The maximum Gasteiger partial charge on any atom is 0.323 e. The molecule has 0 fully saturated rings. The summed E-state index contributed by atoms with van der Waals surface area (Å²) in [7, 11) is 0. The van der Waals surface area contributed by atoms with E-state index in [1.807, 2.05) is 73.7 Å². The van der Waals surface area contributed by atoms with Gasteiger partial charge in [0.15, 0.2) is 0 Å². The van der Waals surface area contributed by atoms with Crippen LogP contribution in [0.5, 0.6) is 5.75 Å². The van der Waals surface area contributed by atoms with Gasteiger partial charge in [-0.05, 0) is 72.7 Å². The number of hydrogen-bond donors (Lipinski definition) is 3. The predicted octanol–water partition coefficient (Wildman–Crippen LogP) is 6.26. The lowest BCUT2D eigenvalue weighted by molar-refractivity contribution is -0.111. The Morgan fingerprint density at radius 1 is 0.833 bits per heavy atom. The molecule has 0 radical (unpaired) electrons. The van der Waals surface area contributed by atoms with Crippen molar-refractivity contribution in [1.82, 2.24) is 4.98 Å². The number of benzene rings is 3. The van der Waals surface area contributed by atoms with Gasteiger partial charge >= 0.3 is 6.03 Å². The number of carbonyl (C=O) groups excluding carboxylic acids is 2. The van der Waals surface area contributed by atoms with E-state index in [4.69, 9.17) is 4.74 Å². The minimum absolute atomic E-state index is 0.278. The van der Waals surface area contributed by atoms with Crippen molar-refractivity contribution in [2.75, 3.05) is 16.0 Å². The number of rotatable bonds is 8. The van der Waals surface area contributed by atoms with Gasteiger partial charge in [0.1, 0.15) is 12.4 Å². The number of hydrogen-bond acceptors (Lipinski definition) is 4. The van der Waals surface area contributed by atoms with E-state index in [0.29, 0.717) is 23.7 Å². The van der Waals surface area contributed by atoms with Crippen molar-refractivity contribution < 1.29 is 14.3 Å². The van der Waals surface area contributed by atoms with Crippen molar-refractivity contribution in [3.63, 3.8) is 0 Å². The molecule has 0 saturated heterocycles. The minimum atomic E-state index is -0.366. The molecule has 0 saturated carbocycles. The molecule has 4 rings (SSSR count). The number of amides is 3. The van der Waals surface area contributed by atoms with Crippen LogP contribution < -0.4 is 20.7 Å². The molecule has 1 heterocycles. The molecule has 180 valence electrons. The first-order chi connectivity index (χ1) is 17.5. The number of para-hydroxylation sites is 1. The van der Waals surface area contributed by atoms with Crippen LogP contribution in [0.15, 0.2) is 103 Å². The fourth-order valence-electron chi connectivity index (χ4n) is 3.31. The van der Waals surface area contributed by atoms with E-state index in [2.05, 4.69) is 20.9 Å². The summed E-state index contributed by atoms with van der Waals surface area (Å²) in [4.78, 5) is 29.0. The van der Waals surface area contributed by atoms with Gasteiger partial charge in [0.25, 0.3) is 0 Å². The van der Waals surface area contributed by atoms with Gasteiger partial charge in [-0.1, -0.05) is 42.5 Å². The Morgan fingerprint density at radius 3 is 2.33 bits per heavy atom. The lowest BCUT2D eigenvalue weighted by atomic mass is 10.1. The number of urea groups is 1. The molecular weight excluding hydrogens is 452 g/mol. The van der Waals surface area contributed by atoms with Crippen molar-refractivity contribution in [1.29, 1.82) is 0 Å². The van der Waals surface area contributed by atoms with Crippen molar-refractivity contribution >= 4 is 35.1 Å². The molecule has 0 aliphatic rings. The summed E-state index contributed by atoms with van der Waals surface area (Å²) >= 11 is 0. The van der Waals surface area contributed by atoms with Crippen molar-refractivity contribution in [3.05, 3.63) is 120 Å². The maximum absolute atomic E-state index is 12.5. The molecule has 0 unspecified atom stereocenters. The Bertz CT molecular complexity index is 1340. The Kier molecular flexibility index (Phi) is 8.07. The van der Waals surface area contributed by atoms with E-state index < -0.39 is 0 Å². The van der Waals surface area contributed by atoms with E-state index in [1.54, 1.807) is 36.5 Å². The molecule has 3 aromatic carbocycles. The summed E-state index contributed by atoms with van der Waals surface area (Å²) in [6.45, 7) is 2.27. The first-order valence-electron chi connectivity index (χ1n) is 11.4. The van der Waals surface area contributed by atoms with Gasteiger partial charge in [-0.3, -0.25) is 9.78 Å². The molecule has 7 nitrogen and oxygen atoms in total. The van der Waals surface area contributed by atoms with E-state index in [1.165, 1.54) is 6.08 Å². The minimum Gasteiger partial charge on any atom is -0.487 e. The topological polar surface area (TPSA) is 92.4 Å². The van der Waals surface area contributed by atoms with Crippen LogP contribution in [-0.2, 0) is 11.4 Å². The quantitative estimate of drug-likeness (QED) is 0.261. The predicted molar refractivity (Wildman–Crippen MR) is 143 cm³/mol.